The van der Waals surface area contributed by atoms with Crippen LogP contribution in [0.5, 0.6) is 0 Å². The Morgan fingerprint density at radius 3 is 2.29 bits per heavy atom. The van der Waals surface area contributed by atoms with Gasteiger partial charge >= 0.3 is 0 Å². The summed E-state index contributed by atoms with van der Waals surface area (Å²) in [7, 11) is 0. The maximum atomic E-state index is 12.3. The Hall–Kier alpha value is -0.760. The number of rotatable bonds is 4. The van der Waals surface area contributed by atoms with Gasteiger partial charge in [0.15, 0.2) is 5.12 Å². The van der Waals surface area contributed by atoms with E-state index in [2.05, 4.69) is 39.8 Å². The third-order valence-electron chi connectivity index (χ3n) is 2.47. The van der Waals surface area contributed by atoms with Crippen LogP contribution >= 0.6 is 11.8 Å². The molecule has 0 amide bonds. The molecular weight excluding hydrogens is 228 g/mol. The first-order valence-corrected chi connectivity index (χ1v) is 7.03. The van der Waals surface area contributed by atoms with Gasteiger partial charge in [-0.25, -0.2) is 0 Å². The fourth-order valence-electron chi connectivity index (χ4n) is 1.77. The molecular formula is C15H22OS. The van der Waals surface area contributed by atoms with Crippen molar-refractivity contribution in [3.8, 4) is 0 Å². The van der Waals surface area contributed by atoms with E-state index < -0.39 is 0 Å². The lowest BCUT2D eigenvalue weighted by molar-refractivity contribution is -0.112. The SMILES string of the molecule is CCCC(C(=O)SC(C)(C)C)c1ccccc1. The van der Waals surface area contributed by atoms with Crippen LogP contribution in [-0.2, 0) is 4.79 Å². The van der Waals surface area contributed by atoms with E-state index >= 15 is 0 Å². The average Bonchev–Trinajstić information content (AvgIpc) is 2.24. The van der Waals surface area contributed by atoms with Crippen molar-refractivity contribution in [2.45, 2.75) is 51.2 Å². The second-order valence-electron chi connectivity index (χ2n) is 5.29. The Morgan fingerprint density at radius 2 is 1.82 bits per heavy atom. The highest BCUT2D eigenvalue weighted by atomic mass is 32.2. The van der Waals surface area contributed by atoms with Gasteiger partial charge in [-0.05, 0) is 12.0 Å². The molecule has 1 atom stereocenters. The lowest BCUT2D eigenvalue weighted by Crippen LogP contribution is -2.17. The van der Waals surface area contributed by atoms with Crippen molar-refractivity contribution < 1.29 is 4.79 Å². The molecule has 0 saturated heterocycles. The van der Waals surface area contributed by atoms with E-state index in [1.165, 1.54) is 11.8 Å². The number of hydrogen-bond acceptors (Lipinski definition) is 2. The Labute approximate surface area is 109 Å². The molecule has 0 aliphatic heterocycles. The zero-order chi connectivity index (χ0) is 12.9. The van der Waals surface area contributed by atoms with E-state index in [4.69, 9.17) is 0 Å². The Balaban J connectivity index is 2.83. The minimum absolute atomic E-state index is 0.00213. The zero-order valence-electron chi connectivity index (χ0n) is 11.2. The van der Waals surface area contributed by atoms with Crippen LogP contribution in [-0.4, -0.2) is 9.86 Å². The molecule has 0 aromatic heterocycles. The molecule has 0 spiro atoms. The van der Waals surface area contributed by atoms with Gasteiger partial charge < -0.3 is 0 Å². The second-order valence-corrected chi connectivity index (χ2v) is 7.12. The molecule has 0 N–H and O–H groups in total. The first kappa shape index (κ1) is 14.3. The van der Waals surface area contributed by atoms with Gasteiger partial charge in [-0.2, -0.15) is 0 Å². The summed E-state index contributed by atoms with van der Waals surface area (Å²) in [4.78, 5) is 12.3. The molecule has 0 fully saturated rings. The molecule has 94 valence electrons. The second kappa shape index (κ2) is 6.25. The highest BCUT2D eigenvalue weighted by Crippen LogP contribution is 2.33. The average molecular weight is 250 g/mol. The molecule has 1 aromatic rings. The third kappa shape index (κ3) is 4.95. The van der Waals surface area contributed by atoms with Crippen LogP contribution in [0.3, 0.4) is 0 Å². The lowest BCUT2D eigenvalue weighted by Gasteiger charge is -2.21. The van der Waals surface area contributed by atoms with Gasteiger partial charge in [0.1, 0.15) is 0 Å². The smallest absolute Gasteiger partial charge is 0.196 e. The van der Waals surface area contributed by atoms with Crippen LogP contribution in [0.2, 0.25) is 0 Å². The van der Waals surface area contributed by atoms with Gasteiger partial charge in [-0.15, -0.1) is 0 Å². The summed E-state index contributed by atoms with van der Waals surface area (Å²) in [5.74, 6) is 0.0467. The molecule has 1 unspecified atom stereocenters. The molecule has 1 aromatic carbocycles. The largest absolute Gasteiger partial charge is 0.287 e. The molecule has 0 aliphatic carbocycles. The van der Waals surface area contributed by atoms with Crippen molar-refractivity contribution in [2.24, 2.45) is 0 Å². The summed E-state index contributed by atoms with van der Waals surface area (Å²) in [5.41, 5.74) is 1.15. The molecule has 0 radical (unpaired) electrons. The van der Waals surface area contributed by atoms with Crippen molar-refractivity contribution in [3.05, 3.63) is 35.9 Å². The van der Waals surface area contributed by atoms with Crippen molar-refractivity contribution in [1.82, 2.24) is 0 Å². The molecule has 17 heavy (non-hydrogen) atoms. The topological polar surface area (TPSA) is 17.1 Å². The number of carbonyl (C=O) groups is 1. The molecule has 0 heterocycles. The van der Waals surface area contributed by atoms with Crippen LogP contribution in [0.15, 0.2) is 30.3 Å². The minimum Gasteiger partial charge on any atom is -0.287 e. The van der Waals surface area contributed by atoms with Crippen molar-refractivity contribution >= 4 is 16.9 Å². The monoisotopic (exact) mass is 250 g/mol. The number of benzene rings is 1. The molecule has 1 rings (SSSR count). The summed E-state index contributed by atoms with van der Waals surface area (Å²) in [5, 5.41) is 0.297. The van der Waals surface area contributed by atoms with Gasteiger partial charge in [-0.3, -0.25) is 4.79 Å². The summed E-state index contributed by atoms with van der Waals surface area (Å²) in [6, 6.07) is 10.1. The molecule has 1 nitrogen and oxygen atoms in total. The highest BCUT2D eigenvalue weighted by Gasteiger charge is 2.25. The first-order valence-electron chi connectivity index (χ1n) is 6.22. The van der Waals surface area contributed by atoms with E-state index in [0.717, 1.165) is 18.4 Å². The lowest BCUT2D eigenvalue weighted by atomic mass is 9.96. The first-order chi connectivity index (χ1) is 7.94. The van der Waals surface area contributed by atoms with E-state index in [0.29, 0.717) is 5.12 Å². The van der Waals surface area contributed by atoms with E-state index in [-0.39, 0.29) is 10.7 Å². The van der Waals surface area contributed by atoms with Crippen LogP contribution in [0, 0.1) is 0 Å². The zero-order valence-corrected chi connectivity index (χ0v) is 12.0. The molecule has 2 heteroatoms. The Bertz CT molecular complexity index is 351. The number of hydrogen-bond donors (Lipinski definition) is 0. The number of thioether (sulfide) groups is 1. The van der Waals surface area contributed by atoms with Gasteiger partial charge in [0, 0.05) is 4.75 Å². The van der Waals surface area contributed by atoms with Crippen LogP contribution in [0.1, 0.15) is 52.0 Å². The maximum absolute atomic E-state index is 12.3. The maximum Gasteiger partial charge on any atom is 0.196 e. The fraction of sp³-hybridized carbons (Fsp3) is 0.533. The summed E-state index contributed by atoms with van der Waals surface area (Å²) < 4.78 is -0.00213. The fourth-order valence-corrected chi connectivity index (χ4v) is 2.77. The number of carbonyl (C=O) groups excluding carboxylic acids is 1. The Morgan fingerprint density at radius 1 is 1.24 bits per heavy atom. The van der Waals surface area contributed by atoms with Crippen molar-refractivity contribution in [3.63, 3.8) is 0 Å². The Kier molecular flexibility index (Phi) is 5.26. The van der Waals surface area contributed by atoms with Gasteiger partial charge in [0.25, 0.3) is 0 Å². The predicted molar refractivity (Wildman–Crippen MR) is 76.4 cm³/mol. The highest BCUT2D eigenvalue weighted by molar-refractivity contribution is 8.14. The van der Waals surface area contributed by atoms with Crippen molar-refractivity contribution in [1.29, 1.82) is 0 Å². The minimum atomic E-state index is -0.00213. The third-order valence-corrected chi connectivity index (χ3v) is 3.57. The summed E-state index contributed by atoms with van der Waals surface area (Å²) in [6.45, 7) is 8.39. The van der Waals surface area contributed by atoms with Crippen LogP contribution in [0.4, 0.5) is 0 Å². The van der Waals surface area contributed by atoms with Crippen LogP contribution in [0.25, 0.3) is 0 Å². The van der Waals surface area contributed by atoms with E-state index in [1.54, 1.807) is 0 Å². The van der Waals surface area contributed by atoms with Crippen LogP contribution < -0.4 is 0 Å². The predicted octanol–water partition coefficient (Wildman–Crippen LogP) is 4.63. The summed E-state index contributed by atoms with van der Waals surface area (Å²) >= 11 is 1.46. The quantitative estimate of drug-likeness (QED) is 0.775. The van der Waals surface area contributed by atoms with Gasteiger partial charge in [0.05, 0.1) is 5.92 Å². The molecule has 0 aliphatic rings. The summed E-state index contributed by atoms with van der Waals surface area (Å²) in [6.07, 6.45) is 1.97. The molecule has 0 saturated carbocycles. The standard InChI is InChI=1S/C15H22OS/c1-5-9-13(12-10-7-6-8-11-12)14(16)17-15(2,3)4/h6-8,10-11,13H,5,9H2,1-4H3. The van der Waals surface area contributed by atoms with E-state index in [9.17, 15) is 4.79 Å². The molecule has 0 bridgehead atoms. The van der Waals surface area contributed by atoms with Gasteiger partial charge in [-0.1, -0.05) is 76.2 Å². The normalized spacial score (nSPS) is 13.4. The van der Waals surface area contributed by atoms with E-state index in [1.807, 2.05) is 18.2 Å². The van der Waals surface area contributed by atoms with Crippen molar-refractivity contribution in [2.75, 3.05) is 0 Å². The van der Waals surface area contributed by atoms with Gasteiger partial charge in [0.2, 0.25) is 0 Å².